The molecule has 2 aliphatic heterocycles. The maximum atomic E-state index is 12.1. The summed E-state index contributed by atoms with van der Waals surface area (Å²) in [5.74, 6) is -1.38. The second-order valence-corrected chi connectivity index (χ2v) is 7.80. The molecule has 8 heteroatoms. The Labute approximate surface area is 111 Å². The van der Waals surface area contributed by atoms with Crippen LogP contribution in [-0.2, 0) is 19.4 Å². The van der Waals surface area contributed by atoms with E-state index in [0.29, 0.717) is 6.42 Å². The summed E-state index contributed by atoms with van der Waals surface area (Å²) in [7, 11) is -3.06. The molecule has 4 amide bonds. The van der Waals surface area contributed by atoms with Crippen molar-refractivity contribution in [1.82, 2.24) is 10.2 Å². The Bertz CT molecular complexity index is 551. The summed E-state index contributed by atoms with van der Waals surface area (Å²) < 4.78 is 22.7. The zero-order valence-electron chi connectivity index (χ0n) is 10.8. The van der Waals surface area contributed by atoms with Gasteiger partial charge in [0.25, 0.3) is 0 Å². The van der Waals surface area contributed by atoms with Crippen molar-refractivity contribution in [2.75, 3.05) is 18.1 Å². The predicted octanol–water partition coefficient (Wildman–Crippen LogP) is -0.474. The Morgan fingerprint density at radius 3 is 2.47 bits per heavy atom. The fraction of sp³-hybridized carbons (Fsp3) is 0.727. The predicted molar refractivity (Wildman–Crippen MR) is 65.8 cm³/mol. The van der Waals surface area contributed by atoms with Gasteiger partial charge in [-0.15, -0.1) is 0 Å². The van der Waals surface area contributed by atoms with E-state index in [9.17, 15) is 22.8 Å². The van der Waals surface area contributed by atoms with Gasteiger partial charge in [0.1, 0.15) is 5.41 Å². The molecule has 0 aromatic rings. The number of hydrogen-bond acceptors (Lipinski definition) is 5. The molecule has 0 aromatic carbocycles. The zero-order chi connectivity index (χ0) is 14.4. The van der Waals surface area contributed by atoms with Gasteiger partial charge in [0.2, 0.25) is 11.8 Å². The topological polar surface area (TPSA) is 101 Å². The van der Waals surface area contributed by atoms with Gasteiger partial charge in [-0.2, -0.15) is 0 Å². The zero-order valence-corrected chi connectivity index (χ0v) is 11.6. The van der Waals surface area contributed by atoms with E-state index in [-0.39, 0.29) is 24.0 Å². The molecule has 0 radical (unpaired) electrons. The molecule has 1 unspecified atom stereocenters. The summed E-state index contributed by atoms with van der Waals surface area (Å²) in [4.78, 5) is 36.3. The molecule has 2 rings (SSSR count). The quantitative estimate of drug-likeness (QED) is 0.692. The SMILES string of the molecule is CC1(C)C(=O)NC(=O)N(CC2CCS(=O)(=O)C2)C1=O. The maximum absolute atomic E-state index is 12.1. The van der Waals surface area contributed by atoms with Crippen LogP contribution >= 0.6 is 0 Å². The van der Waals surface area contributed by atoms with E-state index in [2.05, 4.69) is 5.32 Å². The molecule has 2 saturated heterocycles. The lowest BCUT2D eigenvalue weighted by molar-refractivity contribution is -0.149. The summed E-state index contributed by atoms with van der Waals surface area (Å²) in [6.07, 6.45) is 0.438. The van der Waals surface area contributed by atoms with E-state index >= 15 is 0 Å². The minimum absolute atomic E-state index is 0.0154. The number of sulfone groups is 1. The van der Waals surface area contributed by atoms with E-state index in [1.54, 1.807) is 0 Å². The largest absolute Gasteiger partial charge is 0.330 e. The summed E-state index contributed by atoms with van der Waals surface area (Å²) in [6, 6.07) is -0.765. The van der Waals surface area contributed by atoms with Crippen LogP contribution in [0.15, 0.2) is 0 Å². The normalized spacial score (nSPS) is 29.5. The molecule has 1 N–H and O–H groups in total. The van der Waals surface area contributed by atoms with Gasteiger partial charge < -0.3 is 0 Å². The molecule has 0 spiro atoms. The second-order valence-electron chi connectivity index (χ2n) is 5.57. The highest BCUT2D eigenvalue weighted by atomic mass is 32.2. The highest BCUT2D eigenvalue weighted by molar-refractivity contribution is 7.91. The smallest absolute Gasteiger partial charge is 0.277 e. The van der Waals surface area contributed by atoms with E-state index in [1.807, 2.05) is 0 Å². The van der Waals surface area contributed by atoms with E-state index < -0.39 is 33.1 Å². The number of imide groups is 2. The van der Waals surface area contributed by atoms with Crippen molar-refractivity contribution in [2.24, 2.45) is 11.3 Å². The van der Waals surface area contributed by atoms with Crippen LogP contribution < -0.4 is 5.32 Å². The first-order valence-electron chi connectivity index (χ1n) is 6.01. The lowest BCUT2D eigenvalue weighted by atomic mass is 9.88. The standard InChI is InChI=1S/C11H16N2O5S/c1-11(2)8(14)12-10(16)13(9(11)15)5-7-3-4-19(17,18)6-7/h7H,3-6H2,1-2H3,(H,12,14,16). The summed E-state index contributed by atoms with van der Waals surface area (Å²) in [6.45, 7) is 2.92. The number of amides is 4. The van der Waals surface area contributed by atoms with Crippen molar-refractivity contribution in [1.29, 1.82) is 0 Å². The lowest BCUT2D eigenvalue weighted by Crippen LogP contribution is -2.62. The van der Waals surface area contributed by atoms with Gasteiger partial charge >= 0.3 is 6.03 Å². The van der Waals surface area contributed by atoms with Gasteiger partial charge in [-0.05, 0) is 26.2 Å². The number of hydrogen-bond donors (Lipinski definition) is 1. The lowest BCUT2D eigenvalue weighted by Gasteiger charge is -2.35. The Hall–Kier alpha value is -1.44. The highest BCUT2D eigenvalue weighted by Gasteiger charge is 2.47. The molecule has 7 nitrogen and oxygen atoms in total. The summed E-state index contributed by atoms with van der Waals surface area (Å²) in [5.41, 5.74) is -1.30. The van der Waals surface area contributed by atoms with Gasteiger partial charge in [0, 0.05) is 6.54 Å². The van der Waals surface area contributed by atoms with Gasteiger partial charge in [-0.1, -0.05) is 0 Å². The van der Waals surface area contributed by atoms with Crippen molar-refractivity contribution in [2.45, 2.75) is 20.3 Å². The third-order valence-electron chi connectivity index (χ3n) is 3.58. The molecule has 0 aromatic heterocycles. The van der Waals surface area contributed by atoms with Gasteiger partial charge in [-0.3, -0.25) is 19.8 Å². The van der Waals surface area contributed by atoms with Gasteiger partial charge in [0.15, 0.2) is 9.84 Å². The van der Waals surface area contributed by atoms with Crippen molar-refractivity contribution in [3.8, 4) is 0 Å². The van der Waals surface area contributed by atoms with Crippen molar-refractivity contribution < 1.29 is 22.8 Å². The van der Waals surface area contributed by atoms with Crippen LogP contribution in [-0.4, -0.2) is 49.2 Å². The van der Waals surface area contributed by atoms with E-state index in [0.717, 1.165) is 4.90 Å². The summed E-state index contributed by atoms with van der Waals surface area (Å²) in [5, 5.41) is 2.12. The average Bonchev–Trinajstić information content (AvgIpc) is 2.62. The number of rotatable bonds is 2. The van der Waals surface area contributed by atoms with Gasteiger partial charge in [0.05, 0.1) is 11.5 Å². The number of carbonyl (C=O) groups is 3. The molecule has 2 heterocycles. The van der Waals surface area contributed by atoms with Crippen molar-refractivity contribution in [3.05, 3.63) is 0 Å². The monoisotopic (exact) mass is 288 g/mol. The van der Waals surface area contributed by atoms with Crippen LogP contribution in [0.4, 0.5) is 4.79 Å². The number of barbiturate groups is 1. The fourth-order valence-electron chi connectivity index (χ4n) is 2.29. The average molecular weight is 288 g/mol. The first kappa shape index (κ1) is 14.0. The van der Waals surface area contributed by atoms with Crippen molar-refractivity contribution in [3.63, 3.8) is 0 Å². The third kappa shape index (κ3) is 2.49. The molecule has 1 atom stereocenters. The Kier molecular flexibility index (Phi) is 3.16. The third-order valence-corrected chi connectivity index (χ3v) is 5.42. The molecule has 2 fully saturated rings. The summed E-state index contributed by atoms with van der Waals surface area (Å²) >= 11 is 0. The molecule has 106 valence electrons. The Morgan fingerprint density at radius 1 is 1.32 bits per heavy atom. The number of carbonyl (C=O) groups excluding carboxylic acids is 3. The molecule has 2 aliphatic rings. The van der Waals surface area contributed by atoms with Gasteiger partial charge in [-0.25, -0.2) is 13.2 Å². The number of nitrogens with zero attached hydrogens (tertiary/aromatic N) is 1. The van der Waals surface area contributed by atoms with Crippen LogP contribution in [0.3, 0.4) is 0 Å². The maximum Gasteiger partial charge on any atom is 0.330 e. The Morgan fingerprint density at radius 2 is 1.95 bits per heavy atom. The van der Waals surface area contributed by atoms with E-state index in [1.165, 1.54) is 13.8 Å². The number of nitrogens with one attached hydrogen (secondary N) is 1. The molecular weight excluding hydrogens is 272 g/mol. The molecule has 0 aliphatic carbocycles. The van der Waals surface area contributed by atoms with Crippen LogP contribution in [0.25, 0.3) is 0 Å². The van der Waals surface area contributed by atoms with Crippen molar-refractivity contribution >= 4 is 27.7 Å². The highest BCUT2D eigenvalue weighted by Crippen LogP contribution is 2.26. The fourth-order valence-corrected chi connectivity index (χ4v) is 4.14. The molecular formula is C11H16N2O5S. The molecule has 19 heavy (non-hydrogen) atoms. The first-order valence-corrected chi connectivity index (χ1v) is 7.83. The van der Waals surface area contributed by atoms with E-state index in [4.69, 9.17) is 0 Å². The van der Waals surface area contributed by atoms with Crippen LogP contribution in [0, 0.1) is 11.3 Å². The minimum Gasteiger partial charge on any atom is -0.277 e. The minimum atomic E-state index is -3.06. The molecule has 0 saturated carbocycles. The second kappa shape index (κ2) is 4.29. The first-order chi connectivity index (χ1) is 8.63. The van der Waals surface area contributed by atoms with Crippen LogP contribution in [0.1, 0.15) is 20.3 Å². The van der Waals surface area contributed by atoms with Crippen LogP contribution in [0.2, 0.25) is 0 Å². The molecule has 0 bridgehead atoms. The van der Waals surface area contributed by atoms with Crippen LogP contribution in [0.5, 0.6) is 0 Å². The number of urea groups is 1. The Balaban J connectivity index is 2.14.